The predicted molar refractivity (Wildman–Crippen MR) is 70.4 cm³/mol. The number of anilines is 1. The second kappa shape index (κ2) is 5.88. The standard InChI is InChI=1S/C11H12ClNO4S/c1-2-6-18(16,17)13(8-11(14)15)10-5-3-4-9(12)7-10/h2-5,7H,1,6,8H2,(H,14,15). The SMILES string of the molecule is C=CCS(=O)(=O)N(CC(=O)O)c1cccc(Cl)c1. The average Bonchev–Trinajstić information content (AvgIpc) is 2.25. The Kier molecular flexibility index (Phi) is 4.75. The first-order valence-corrected chi connectivity index (χ1v) is 6.94. The van der Waals surface area contributed by atoms with Gasteiger partial charge in [-0.05, 0) is 18.2 Å². The van der Waals surface area contributed by atoms with Crippen LogP contribution in [0.15, 0.2) is 36.9 Å². The van der Waals surface area contributed by atoms with Crippen LogP contribution >= 0.6 is 11.6 Å². The molecule has 0 fully saturated rings. The Morgan fingerprint density at radius 2 is 2.17 bits per heavy atom. The number of carbonyl (C=O) groups is 1. The van der Waals surface area contributed by atoms with Gasteiger partial charge in [0.1, 0.15) is 6.54 Å². The second-order valence-corrected chi connectivity index (χ2v) is 5.82. The quantitative estimate of drug-likeness (QED) is 0.810. The van der Waals surface area contributed by atoms with Gasteiger partial charge in [-0.2, -0.15) is 0 Å². The Bertz CT molecular complexity index is 556. The van der Waals surface area contributed by atoms with Crippen LogP contribution < -0.4 is 4.31 Å². The highest BCUT2D eigenvalue weighted by atomic mass is 35.5. The molecule has 1 rings (SSSR count). The van der Waals surface area contributed by atoms with Gasteiger partial charge >= 0.3 is 5.97 Å². The van der Waals surface area contributed by atoms with Gasteiger partial charge in [0, 0.05) is 5.02 Å². The Morgan fingerprint density at radius 1 is 1.50 bits per heavy atom. The van der Waals surface area contributed by atoms with E-state index in [1.807, 2.05) is 0 Å². The number of nitrogens with zero attached hydrogens (tertiary/aromatic N) is 1. The molecule has 0 heterocycles. The molecule has 5 nitrogen and oxygen atoms in total. The van der Waals surface area contributed by atoms with Crippen molar-refractivity contribution in [3.8, 4) is 0 Å². The zero-order chi connectivity index (χ0) is 13.8. The lowest BCUT2D eigenvalue weighted by Gasteiger charge is -2.22. The molecule has 0 unspecified atom stereocenters. The minimum Gasteiger partial charge on any atom is -0.480 e. The van der Waals surface area contributed by atoms with Gasteiger partial charge in [-0.15, -0.1) is 6.58 Å². The molecule has 0 aliphatic rings. The number of rotatable bonds is 6. The smallest absolute Gasteiger partial charge is 0.324 e. The van der Waals surface area contributed by atoms with Crippen LogP contribution in [-0.4, -0.2) is 31.8 Å². The van der Waals surface area contributed by atoms with E-state index in [0.717, 1.165) is 4.31 Å². The van der Waals surface area contributed by atoms with E-state index < -0.39 is 22.5 Å². The van der Waals surface area contributed by atoms with Crippen LogP contribution in [-0.2, 0) is 14.8 Å². The van der Waals surface area contributed by atoms with Gasteiger partial charge in [0.15, 0.2) is 0 Å². The Hall–Kier alpha value is -1.53. The van der Waals surface area contributed by atoms with Gasteiger partial charge in [-0.3, -0.25) is 9.10 Å². The van der Waals surface area contributed by atoms with Gasteiger partial charge in [-0.1, -0.05) is 23.7 Å². The zero-order valence-electron chi connectivity index (χ0n) is 9.41. The average molecular weight is 290 g/mol. The molecule has 98 valence electrons. The fourth-order valence-corrected chi connectivity index (χ4v) is 2.75. The Labute approximate surface area is 110 Å². The van der Waals surface area contributed by atoms with E-state index in [1.165, 1.54) is 18.2 Å². The summed E-state index contributed by atoms with van der Waals surface area (Å²) in [5.41, 5.74) is 0.215. The van der Waals surface area contributed by atoms with Crippen LogP contribution in [0.1, 0.15) is 0 Å². The second-order valence-electron chi connectivity index (χ2n) is 3.45. The number of sulfonamides is 1. The molecular weight excluding hydrogens is 278 g/mol. The molecule has 0 saturated carbocycles. The third-order valence-corrected chi connectivity index (χ3v) is 3.94. The first kappa shape index (κ1) is 14.5. The summed E-state index contributed by atoms with van der Waals surface area (Å²) >= 11 is 5.76. The van der Waals surface area contributed by atoms with Crippen molar-refractivity contribution < 1.29 is 18.3 Å². The maximum Gasteiger partial charge on any atom is 0.324 e. The molecule has 0 spiro atoms. The minimum absolute atomic E-state index is 0.215. The number of halogens is 1. The summed E-state index contributed by atoms with van der Waals surface area (Å²) in [4.78, 5) is 10.8. The summed E-state index contributed by atoms with van der Waals surface area (Å²) in [6.07, 6.45) is 1.20. The molecule has 0 atom stereocenters. The summed E-state index contributed by atoms with van der Waals surface area (Å²) < 4.78 is 24.6. The summed E-state index contributed by atoms with van der Waals surface area (Å²) in [6.45, 7) is 2.68. The monoisotopic (exact) mass is 289 g/mol. The molecule has 0 aromatic heterocycles. The fraction of sp³-hybridized carbons (Fsp3) is 0.182. The first-order valence-electron chi connectivity index (χ1n) is 4.95. The third kappa shape index (κ3) is 3.75. The van der Waals surface area contributed by atoms with Crippen LogP contribution in [0, 0.1) is 0 Å². The van der Waals surface area contributed by atoms with Crippen LogP contribution in [0.5, 0.6) is 0 Å². The van der Waals surface area contributed by atoms with Crippen molar-refractivity contribution in [3.63, 3.8) is 0 Å². The van der Waals surface area contributed by atoms with Gasteiger partial charge in [0.05, 0.1) is 11.4 Å². The van der Waals surface area contributed by atoms with Crippen molar-refractivity contribution in [3.05, 3.63) is 41.9 Å². The molecular formula is C11H12ClNO4S. The van der Waals surface area contributed by atoms with Crippen LogP contribution in [0.3, 0.4) is 0 Å². The Morgan fingerprint density at radius 3 is 2.67 bits per heavy atom. The highest BCUT2D eigenvalue weighted by molar-refractivity contribution is 7.92. The lowest BCUT2D eigenvalue weighted by Crippen LogP contribution is -2.36. The molecule has 0 aliphatic carbocycles. The highest BCUT2D eigenvalue weighted by Gasteiger charge is 2.23. The van der Waals surface area contributed by atoms with Gasteiger partial charge in [0.2, 0.25) is 10.0 Å². The molecule has 0 amide bonds. The lowest BCUT2D eigenvalue weighted by molar-refractivity contribution is -0.135. The summed E-state index contributed by atoms with van der Waals surface area (Å²) in [5, 5.41) is 9.11. The molecule has 0 aliphatic heterocycles. The number of aliphatic carboxylic acids is 1. The van der Waals surface area contributed by atoms with Crippen molar-refractivity contribution >= 4 is 33.3 Å². The molecule has 0 radical (unpaired) electrons. The van der Waals surface area contributed by atoms with Crippen LogP contribution in [0.2, 0.25) is 5.02 Å². The lowest BCUT2D eigenvalue weighted by atomic mass is 10.3. The molecule has 1 aromatic carbocycles. The first-order chi connectivity index (χ1) is 8.36. The van der Waals surface area contributed by atoms with E-state index in [4.69, 9.17) is 16.7 Å². The number of benzene rings is 1. The van der Waals surface area contributed by atoms with E-state index in [9.17, 15) is 13.2 Å². The summed E-state index contributed by atoms with van der Waals surface area (Å²) in [6, 6.07) is 6.00. The van der Waals surface area contributed by atoms with Gasteiger partial charge in [0.25, 0.3) is 0 Å². The predicted octanol–water partition coefficient (Wildman–Crippen LogP) is 1.75. The topological polar surface area (TPSA) is 74.7 Å². The van der Waals surface area contributed by atoms with E-state index in [-0.39, 0.29) is 11.4 Å². The van der Waals surface area contributed by atoms with Crippen LogP contribution in [0.25, 0.3) is 0 Å². The van der Waals surface area contributed by atoms with E-state index in [1.54, 1.807) is 12.1 Å². The number of hydrogen-bond acceptors (Lipinski definition) is 3. The van der Waals surface area contributed by atoms with Crippen molar-refractivity contribution in [2.75, 3.05) is 16.6 Å². The normalized spacial score (nSPS) is 10.9. The molecule has 18 heavy (non-hydrogen) atoms. The highest BCUT2D eigenvalue weighted by Crippen LogP contribution is 2.22. The van der Waals surface area contributed by atoms with E-state index in [0.29, 0.717) is 5.02 Å². The van der Waals surface area contributed by atoms with Crippen LogP contribution in [0.4, 0.5) is 5.69 Å². The third-order valence-electron chi connectivity index (χ3n) is 2.04. The van der Waals surface area contributed by atoms with Crippen molar-refractivity contribution in [1.29, 1.82) is 0 Å². The molecule has 7 heteroatoms. The van der Waals surface area contributed by atoms with Crippen molar-refractivity contribution in [2.24, 2.45) is 0 Å². The number of hydrogen-bond donors (Lipinski definition) is 1. The van der Waals surface area contributed by atoms with Gasteiger partial charge in [-0.25, -0.2) is 8.42 Å². The molecule has 0 saturated heterocycles. The maximum atomic E-state index is 11.9. The molecule has 1 N–H and O–H groups in total. The number of carboxylic acid groups (broad SMARTS) is 1. The van der Waals surface area contributed by atoms with Crippen molar-refractivity contribution in [2.45, 2.75) is 0 Å². The summed E-state index contributed by atoms with van der Waals surface area (Å²) in [5.74, 6) is -1.59. The van der Waals surface area contributed by atoms with E-state index in [2.05, 4.69) is 6.58 Å². The molecule has 1 aromatic rings. The largest absolute Gasteiger partial charge is 0.480 e. The fourth-order valence-electron chi connectivity index (χ4n) is 1.34. The van der Waals surface area contributed by atoms with Gasteiger partial charge < -0.3 is 5.11 Å². The Balaban J connectivity index is 3.21. The van der Waals surface area contributed by atoms with Crippen molar-refractivity contribution in [1.82, 2.24) is 0 Å². The maximum absolute atomic E-state index is 11.9. The zero-order valence-corrected chi connectivity index (χ0v) is 11.0. The number of carboxylic acids is 1. The van der Waals surface area contributed by atoms with E-state index >= 15 is 0 Å². The minimum atomic E-state index is -3.76. The molecule has 0 bridgehead atoms. The summed E-state index contributed by atoms with van der Waals surface area (Å²) in [7, 11) is -3.76.